The third kappa shape index (κ3) is 19.4. The number of phenols is 5. The molecule has 0 saturated carbocycles. The van der Waals surface area contributed by atoms with Gasteiger partial charge < -0.3 is 30.3 Å². The molecule has 4 heterocycles. The summed E-state index contributed by atoms with van der Waals surface area (Å²) in [5.41, 5.74) is 6.65. The van der Waals surface area contributed by atoms with Gasteiger partial charge in [0.2, 0.25) is 15.7 Å². The Kier molecular flexibility index (Phi) is 29.3. The highest BCUT2D eigenvalue weighted by Crippen LogP contribution is 2.49. The van der Waals surface area contributed by atoms with Crippen LogP contribution in [0.5, 0.6) is 28.7 Å². The first-order valence-corrected chi connectivity index (χ1v) is 41.8. The molecule has 11 aromatic rings. The molecule has 121 heavy (non-hydrogen) atoms. The highest BCUT2D eigenvalue weighted by molar-refractivity contribution is 7.96. The largest absolute Gasteiger partial charge is 0.528 e. The van der Waals surface area contributed by atoms with Crippen molar-refractivity contribution in [2.45, 2.75) is 29.1 Å². The van der Waals surface area contributed by atoms with Gasteiger partial charge in [-0.25, -0.2) is 32.4 Å². The van der Waals surface area contributed by atoms with Crippen LogP contribution in [0.25, 0.3) is 87.2 Å². The van der Waals surface area contributed by atoms with Crippen LogP contribution in [0, 0.1) is 44.2 Å². The molecule has 0 spiro atoms. The Balaban J connectivity index is 0.000000148. The smallest absolute Gasteiger partial charge is 0.505 e. The van der Waals surface area contributed by atoms with E-state index in [1.54, 1.807) is 91.0 Å². The zero-order chi connectivity index (χ0) is 87.7. The lowest BCUT2D eigenvalue weighted by Crippen LogP contribution is -2.15. The summed E-state index contributed by atoms with van der Waals surface area (Å²) >= 11 is 77.6. The van der Waals surface area contributed by atoms with E-state index in [2.05, 4.69) is 29.3 Å². The van der Waals surface area contributed by atoms with Crippen LogP contribution >= 0.6 is 151 Å². The van der Waals surface area contributed by atoms with Gasteiger partial charge in [0.25, 0.3) is 5.70 Å². The van der Waals surface area contributed by atoms with Gasteiger partial charge in [0.1, 0.15) is 43.1 Å². The van der Waals surface area contributed by atoms with Gasteiger partial charge in [0, 0.05) is 15.1 Å². The van der Waals surface area contributed by atoms with Crippen LogP contribution in [0.1, 0.15) is 57.6 Å². The van der Waals surface area contributed by atoms with Gasteiger partial charge in [0.15, 0.2) is 34.5 Å². The van der Waals surface area contributed by atoms with E-state index in [1.807, 2.05) is 72.3 Å². The Labute approximate surface area is 757 Å². The van der Waals surface area contributed by atoms with E-state index in [0.29, 0.717) is 88.9 Å². The molecule has 0 saturated heterocycles. The normalized spacial score (nSPS) is 15.7. The molecule has 2 unspecified atom stereocenters. The van der Waals surface area contributed by atoms with Gasteiger partial charge in [0.05, 0.1) is 122 Å². The second kappa shape index (κ2) is 39.1. The Morgan fingerprint density at radius 2 is 1.06 bits per heavy atom. The number of carbonyl (C=O) groups excluding carboxylic acids is 1. The Hall–Kier alpha value is -11.2. The summed E-state index contributed by atoms with van der Waals surface area (Å²) in [6.45, 7) is 38.6. The molecule has 2 atom stereocenters. The molecule has 0 radical (unpaired) electrons. The van der Waals surface area contributed by atoms with Crippen molar-refractivity contribution < 1.29 is 47.7 Å². The van der Waals surface area contributed by atoms with Crippen molar-refractivity contribution >= 4 is 246 Å². The lowest BCUT2D eigenvalue weighted by molar-refractivity contribution is -0.110. The van der Waals surface area contributed by atoms with E-state index in [9.17, 15) is 48.2 Å². The molecule has 3 aliphatic heterocycles. The SMILES string of the molecule is CCOC1=Nn2c(nc3ccccc32)C1Cc1cc(Cl)c(O)c(Cl)c1.O=C1C=CC(=Cc2cc(Cl)c(O)c(Cl)c2Cl)C=C1Cl.[C-]#[N+]/C(C#N)=c1/c(Cl)c/c(=C\c2cc(Cl)c(O)c(Cl)c2)c2ccccc12.[C-]#[N+]C([N+]#[C-])=C1/C(=C/c2cc(Cl)c(O)c(Cl)c2)S(=O)(=O)c2ccccc21.[C-]#[N+]C([N+]#[C-])=C1/C(=C/c2cc(Cl)c(O)c(Cl)c2)S(=O)c2ccccc21. The minimum absolute atomic E-state index is 0.0213. The van der Waals surface area contributed by atoms with Crippen LogP contribution in [-0.4, -0.2) is 66.1 Å². The van der Waals surface area contributed by atoms with E-state index in [0.717, 1.165) is 33.0 Å². The fourth-order valence-corrected chi connectivity index (χ4v) is 18.8. The minimum Gasteiger partial charge on any atom is -0.505 e. The van der Waals surface area contributed by atoms with Crippen molar-refractivity contribution in [2.24, 2.45) is 5.10 Å². The van der Waals surface area contributed by atoms with Crippen molar-refractivity contribution in [3.8, 4) is 34.8 Å². The topological polar surface area (TPSA) is 254 Å². The molecule has 19 nitrogen and oxygen atoms in total. The fourth-order valence-electron chi connectivity index (χ4n) is 12.4. The Bertz CT molecular complexity index is 6980. The summed E-state index contributed by atoms with van der Waals surface area (Å²) in [7, 11) is -5.47. The number of fused-ring (bicyclic) bond motifs is 6. The maximum absolute atomic E-state index is 12.9. The predicted molar refractivity (Wildman–Crippen MR) is 482 cm³/mol. The zero-order valence-electron chi connectivity index (χ0n) is 61.1. The molecular formula is C87H46Cl13N9O10S2. The summed E-state index contributed by atoms with van der Waals surface area (Å²) in [6, 6.07) is 45.7. The van der Waals surface area contributed by atoms with Crippen LogP contribution in [0.2, 0.25) is 60.3 Å². The van der Waals surface area contributed by atoms with Crippen LogP contribution in [0.3, 0.4) is 0 Å². The summed E-state index contributed by atoms with van der Waals surface area (Å²) in [5, 5.41) is 66.3. The maximum Gasteiger partial charge on any atom is 0.528 e. The maximum atomic E-state index is 12.9. The molecule has 5 N–H and O–H groups in total. The number of hydrogen-bond acceptors (Lipinski definition) is 13. The minimum atomic E-state index is -3.93. The highest BCUT2D eigenvalue weighted by atomic mass is 35.5. The first-order chi connectivity index (χ1) is 57.7. The Morgan fingerprint density at radius 3 is 1.61 bits per heavy atom. The number of phenolic OH excluding ortho intramolecular Hbond substituents is 5. The number of imidazole rings is 1. The molecule has 34 heteroatoms. The molecule has 4 aliphatic rings. The van der Waals surface area contributed by atoms with Crippen molar-refractivity contribution in [1.29, 1.82) is 5.26 Å². The number of ether oxygens (including phenoxy) is 1. The zero-order valence-corrected chi connectivity index (χ0v) is 72.5. The molecule has 0 amide bonds. The molecule has 1 aliphatic carbocycles. The number of ketones is 1. The number of rotatable bonds is 7. The first-order valence-electron chi connectivity index (χ1n) is 34.3. The molecule has 0 fully saturated rings. The molecule has 15 rings (SSSR count). The van der Waals surface area contributed by atoms with Gasteiger partial charge >= 0.3 is 11.6 Å². The number of aromatic nitrogens is 2. The second-order valence-corrected chi connectivity index (χ2v) is 33.8. The van der Waals surface area contributed by atoms with Crippen molar-refractivity contribution in [2.75, 3.05) is 6.61 Å². The molecule has 0 bridgehead atoms. The van der Waals surface area contributed by atoms with Crippen LogP contribution in [-0.2, 0) is 36.6 Å². The van der Waals surface area contributed by atoms with Crippen molar-refractivity contribution in [3.63, 3.8) is 0 Å². The Morgan fingerprint density at radius 1 is 0.562 bits per heavy atom. The molecule has 1 aromatic heterocycles. The van der Waals surface area contributed by atoms with Crippen molar-refractivity contribution in [3.05, 3.63) is 381 Å². The number of halogens is 13. The van der Waals surface area contributed by atoms with Crippen LogP contribution in [0.15, 0.2) is 223 Å². The molecule has 10 aromatic carbocycles. The highest BCUT2D eigenvalue weighted by Gasteiger charge is 2.41. The standard InChI is InChI=1S/C20H9Cl3N2O.C18H15Cl2N3O2.C18H8Cl2N2O3S.C18H8Cl2N2O2S.C13H6Cl4O2/c1-25-18(10-24)19-14-5-3-2-4-13(14)12(9-15(19)21)6-11-7-16(22)20(26)17(23)8-11;1-2-25-18-11(7-10-8-12(19)16(24)13(20)9-10)17-21-14-5-3-4-6-15(14)23(17)22-18;1-21-18(22-2)16-11-5-3-4-6-14(11)26(24,25)15(16)9-10-7-12(19)17(23)13(20)8-10;1-21-18(22-2)16-11-5-3-4-6-14(11)25(24)15(16)9-10-7-12(19)17(23)13(20)8-10;14-8-4-6(1-2-10(8)18)3-7-5-9(15)13(19)12(17)11(7)16/h2-9,26H;3-6,8-9,11,24H,2,7H2,1H3;3-9,23H;3-9,23H;1-5,19H/b12-6+,19-18+;;2*15-9-;. The van der Waals surface area contributed by atoms with Crippen molar-refractivity contribution in [1.82, 2.24) is 9.66 Å². The number of nitrogens with zero attached hydrogens (tertiary/aromatic N) is 9. The first kappa shape index (κ1) is 90.6. The van der Waals surface area contributed by atoms with Gasteiger partial charge in [-0.15, -0.1) is 5.10 Å². The number of carbonyl (C=O) groups is 1. The quantitative estimate of drug-likeness (QED) is 0.0738. The molecule has 602 valence electrons. The van der Waals surface area contributed by atoms with E-state index in [1.165, 1.54) is 54.6 Å². The number of benzene rings is 10. The summed E-state index contributed by atoms with van der Waals surface area (Å²) in [4.78, 5) is 32.8. The molecular weight excluding hydrogens is 1860 g/mol. The van der Waals surface area contributed by atoms with Gasteiger partial charge in [-0.2, -0.15) is 19.4 Å². The number of allylic oxidation sites excluding steroid dienone is 7. The lowest BCUT2D eigenvalue weighted by atomic mass is 9.98. The van der Waals surface area contributed by atoms with E-state index in [-0.39, 0.29) is 133 Å². The van der Waals surface area contributed by atoms with Crippen LogP contribution < -0.4 is 10.4 Å². The van der Waals surface area contributed by atoms with E-state index >= 15 is 0 Å². The monoisotopic (exact) mass is 1890 g/mol. The van der Waals surface area contributed by atoms with Gasteiger partial charge in [-0.3, -0.25) is 4.79 Å². The number of hydrogen-bond donors (Lipinski definition) is 5. The number of aromatic hydroxyl groups is 5. The average molecular weight is 1900 g/mol. The summed E-state index contributed by atoms with van der Waals surface area (Å²) < 4.78 is 46.3. The third-order valence-corrected chi connectivity index (χ3v) is 25.2. The number of para-hydroxylation sites is 2. The predicted octanol–water partition coefficient (Wildman–Crippen LogP) is 24.9. The summed E-state index contributed by atoms with van der Waals surface area (Å²) in [5.74, 6) is -0.540. The lowest BCUT2D eigenvalue weighted by Gasteiger charge is -2.13. The van der Waals surface area contributed by atoms with Crippen LogP contribution in [0.4, 0.5) is 0 Å². The van der Waals surface area contributed by atoms with Gasteiger partial charge in [-0.1, -0.05) is 230 Å². The fraction of sp³-hybridized carbons (Fsp3) is 0.0460. The van der Waals surface area contributed by atoms with Gasteiger partial charge in [-0.05, 0) is 195 Å². The number of sulfone groups is 1. The number of nitriles is 1. The summed E-state index contributed by atoms with van der Waals surface area (Å²) in [6.07, 6.45) is 11.4. The average Bonchev–Trinajstić information content (AvgIpc) is 1.58. The second-order valence-electron chi connectivity index (χ2n) is 25.3. The van der Waals surface area contributed by atoms with E-state index in [4.69, 9.17) is 193 Å². The van der Waals surface area contributed by atoms with E-state index < -0.39 is 20.6 Å². The third-order valence-electron chi connectivity index (χ3n) is 17.8.